The van der Waals surface area contributed by atoms with E-state index in [-0.39, 0.29) is 16.5 Å². The minimum absolute atomic E-state index is 0.204. The third-order valence-corrected chi connectivity index (χ3v) is 8.53. The van der Waals surface area contributed by atoms with Crippen molar-refractivity contribution in [2.24, 2.45) is 17.8 Å². The maximum absolute atomic E-state index is 6.52. The van der Waals surface area contributed by atoms with Gasteiger partial charge in [0.2, 0.25) is 5.79 Å². The van der Waals surface area contributed by atoms with Crippen LogP contribution in [0.3, 0.4) is 0 Å². The summed E-state index contributed by atoms with van der Waals surface area (Å²) in [5.41, 5.74) is -0.576. The van der Waals surface area contributed by atoms with Crippen molar-refractivity contribution in [2.45, 2.75) is 74.7 Å². The number of anilines is 1. The number of nitrogens with one attached hydrogen (secondary N) is 1. The van der Waals surface area contributed by atoms with Gasteiger partial charge in [-0.25, -0.2) is 14.8 Å². The third kappa shape index (κ3) is 2.39. The summed E-state index contributed by atoms with van der Waals surface area (Å²) in [5.74, 6) is 0.364. The number of nitrogens with zero attached hydrogens (tertiary/aromatic N) is 1. The summed E-state index contributed by atoms with van der Waals surface area (Å²) in [6.07, 6.45) is 5.14. The Hall–Kier alpha value is -0.250. The van der Waals surface area contributed by atoms with Crippen LogP contribution < -0.4 is 5.32 Å². The highest BCUT2D eigenvalue weighted by atomic mass is 79.9. The fraction of sp³-hybridized carbons (Fsp3) is 0.833. The Morgan fingerprint density at radius 3 is 2.88 bits per heavy atom. The molecule has 4 saturated heterocycles. The van der Waals surface area contributed by atoms with Gasteiger partial charge in [-0.3, -0.25) is 0 Å². The molecule has 144 valence electrons. The lowest BCUT2D eigenvalue weighted by Gasteiger charge is -2.62. The molecule has 5 fully saturated rings. The van der Waals surface area contributed by atoms with E-state index in [1.807, 2.05) is 12.3 Å². The fourth-order valence-electron chi connectivity index (χ4n) is 5.46. The second-order valence-corrected chi connectivity index (χ2v) is 11.1. The van der Waals surface area contributed by atoms with Gasteiger partial charge in [0, 0.05) is 23.9 Å². The van der Waals surface area contributed by atoms with Crippen molar-refractivity contribution in [3.63, 3.8) is 0 Å². The van der Waals surface area contributed by atoms with E-state index >= 15 is 0 Å². The summed E-state index contributed by atoms with van der Waals surface area (Å²) in [6, 6.07) is 0. The largest absolute Gasteiger partial charge is 0.335 e. The van der Waals surface area contributed by atoms with Gasteiger partial charge in [0.05, 0.1) is 4.32 Å². The average Bonchev–Trinajstić information content (AvgIpc) is 2.99. The summed E-state index contributed by atoms with van der Waals surface area (Å²) in [7, 11) is 0. The monoisotopic (exact) mass is 444 g/mol. The van der Waals surface area contributed by atoms with Gasteiger partial charge in [0.1, 0.15) is 6.23 Å². The first-order chi connectivity index (χ1) is 12.4. The lowest BCUT2D eigenvalue weighted by Crippen LogP contribution is -2.74. The lowest BCUT2D eigenvalue weighted by molar-refractivity contribution is -0.568. The standard InChI is InChI=1S/C18H25BrN2O4S/c1-10-4-5-12-17(3,19)13(21-15-20-8-9-26-15)22-14-18(12)11(10)6-7-16(2,23-14)24-25-18/h8-14H,4-7H2,1-3H3,(H,20,21)/t10-,11+,12+,13+,14-,16-,17-,18-/m1/s1. The summed E-state index contributed by atoms with van der Waals surface area (Å²) in [6.45, 7) is 6.46. The van der Waals surface area contributed by atoms with E-state index in [2.05, 4.69) is 40.1 Å². The molecule has 2 bridgehead atoms. The molecule has 1 aromatic rings. The van der Waals surface area contributed by atoms with Crippen molar-refractivity contribution in [2.75, 3.05) is 5.32 Å². The Kier molecular flexibility index (Phi) is 4.03. The zero-order chi connectivity index (χ0) is 18.2. The molecule has 1 aliphatic carbocycles. The molecule has 0 radical (unpaired) electrons. The van der Waals surface area contributed by atoms with Crippen LogP contribution in [-0.2, 0) is 19.2 Å². The lowest BCUT2D eigenvalue weighted by atomic mass is 9.58. The van der Waals surface area contributed by atoms with E-state index in [0.29, 0.717) is 11.8 Å². The number of hydrogen-bond donors (Lipinski definition) is 1. The Bertz CT molecular complexity index is 689. The minimum atomic E-state index is -0.747. The van der Waals surface area contributed by atoms with Crippen LogP contribution in [0, 0.1) is 17.8 Å². The van der Waals surface area contributed by atoms with E-state index in [1.165, 1.54) is 6.42 Å². The quantitative estimate of drug-likeness (QED) is 0.542. The van der Waals surface area contributed by atoms with E-state index in [9.17, 15) is 0 Å². The number of halogens is 1. The molecule has 0 amide bonds. The van der Waals surface area contributed by atoms with Gasteiger partial charge in [-0.1, -0.05) is 22.9 Å². The molecule has 1 N–H and O–H groups in total. The number of ether oxygens (including phenoxy) is 2. The zero-order valence-corrected chi connectivity index (χ0v) is 17.6. The fourth-order valence-corrected chi connectivity index (χ4v) is 6.82. The van der Waals surface area contributed by atoms with Crippen LogP contribution in [0.5, 0.6) is 0 Å². The van der Waals surface area contributed by atoms with Gasteiger partial charge < -0.3 is 14.8 Å². The second-order valence-electron chi connectivity index (χ2n) is 8.51. The molecule has 0 aromatic carbocycles. The Labute approximate surface area is 166 Å². The van der Waals surface area contributed by atoms with Crippen LogP contribution in [0.15, 0.2) is 11.6 Å². The highest BCUT2D eigenvalue weighted by Crippen LogP contribution is 2.63. The second kappa shape index (κ2) is 5.87. The van der Waals surface area contributed by atoms with Gasteiger partial charge in [-0.2, -0.15) is 0 Å². The zero-order valence-electron chi connectivity index (χ0n) is 15.2. The third-order valence-electron chi connectivity index (χ3n) is 6.86. The molecule has 4 aliphatic heterocycles. The molecule has 1 saturated carbocycles. The topological polar surface area (TPSA) is 61.8 Å². The summed E-state index contributed by atoms with van der Waals surface area (Å²) in [4.78, 5) is 16.4. The molecule has 26 heavy (non-hydrogen) atoms. The van der Waals surface area contributed by atoms with Crippen molar-refractivity contribution in [1.29, 1.82) is 0 Å². The van der Waals surface area contributed by atoms with E-state index in [4.69, 9.17) is 19.2 Å². The number of aromatic nitrogens is 1. The predicted octanol–water partition coefficient (Wildman–Crippen LogP) is 4.28. The van der Waals surface area contributed by atoms with Crippen LogP contribution >= 0.6 is 27.3 Å². The van der Waals surface area contributed by atoms with Gasteiger partial charge in [0.15, 0.2) is 17.0 Å². The smallest absolute Gasteiger partial charge is 0.201 e. The molecule has 8 heteroatoms. The molecule has 5 aliphatic rings. The Balaban J connectivity index is 1.56. The molecule has 1 spiro atoms. The molecule has 0 unspecified atom stereocenters. The summed E-state index contributed by atoms with van der Waals surface area (Å²) >= 11 is 5.57. The average molecular weight is 445 g/mol. The first-order valence-electron chi connectivity index (χ1n) is 9.40. The Morgan fingerprint density at radius 1 is 1.27 bits per heavy atom. The maximum atomic E-state index is 6.52. The van der Waals surface area contributed by atoms with Gasteiger partial charge in [0.25, 0.3) is 0 Å². The van der Waals surface area contributed by atoms with Crippen molar-refractivity contribution in [1.82, 2.24) is 4.98 Å². The van der Waals surface area contributed by atoms with Gasteiger partial charge in [-0.05, 0) is 44.9 Å². The molecule has 8 atom stereocenters. The first kappa shape index (κ1) is 17.8. The van der Waals surface area contributed by atoms with Crippen LogP contribution in [0.2, 0.25) is 0 Å². The van der Waals surface area contributed by atoms with Crippen LogP contribution in [-0.4, -0.2) is 33.2 Å². The highest BCUT2D eigenvalue weighted by Gasteiger charge is 2.72. The van der Waals surface area contributed by atoms with Crippen LogP contribution in [0.1, 0.15) is 46.5 Å². The molecule has 6 nitrogen and oxygen atoms in total. The number of thiazole rings is 1. The van der Waals surface area contributed by atoms with Crippen molar-refractivity contribution in [3.8, 4) is 0 Å². The number of fused-ring (bicyclic) bond motifs is 2. The normalized spacial score (nSPS) is 53.0. The van der Waals surface area contributed by atoms with Crippen molar-refractivity contribution >= 4 is 32.4 Å². The number of alkyl halides is 1. The van der Waals surface area contributed by atoms with Gasteiger partial charge in [-0.15, -0.1) is 11.3 Å². The maximum Gasteiger partial charge on any atom is 0.201 e. The van der Waals surface area contributed by atoms with E-state index < -0.39 is 17.7 Å². The minimum Gasteiger partial charge on any atom is -0.335 e. The Morgan fingerprint density at radius 2 is 2.12 bits per heavy atom. The number of rotatable bonds is 2. The highest BCUT2D eigenvalue weighted by molar-refractivity contribution is 9.10. The number of hydrogen-bond acceptors (Lipinski definition) is 7. The van der Waals surface area contributed by atoms with Crippen LogP contribution in [0.4, 0.5) is 5.13 Å². The predicted molar refractivity (Wildman–Crippen MR) is 101 cm³/mol. The molecule has 1 aromatic heterocycles. The molecular weight excluding hydrogens is 420 g/mol. The first-order valence-corrected chi connectivity index (χ1v) is 11.1. The van der Waals surface area contributed by atoms with E-state index in [1.54, 1.807) is 17.5 Å². The SMILES string of the molecule is C[C@@H]1CC[C@H]2[C@@](C)(Br)[C@@H](Nc3nccs3)O[C@@H]3O[C@@]4(C)CC[C@@H]1[C@]32OO4. The summed E-state index contributed by atoms with van der Waals surface area (Å²) < 4.78 is 12.6. The molecule has 5 heterocycles. The molecular formula is C18H25BrN2O4S. The van der Waals surface area contributed by atoms with E-state index in [0.717, 1.165) is 24.4 Å². The van der Waals surface area contributed by atoms with Crippen LogP contribution in [0.25, 0.3) is 0 Å². The summed E-state index contributed by atoms with van der Waals surface area (Å²) in [5, 5.41) is 6.25. The van der Waals surface area contributed by atoms with Crippen molar-refractivity contribution < 1.29 is 19.2 Å². The molecule has 6 rings (SSSR count). The van der Waals surface area contributed by atoms with Crippen molar-refractivity contribution in [3.05, 3.63) is 11.6 Å². The van der Waals surface area contributed by atoms with Gasteiger partial charge >= 0.3 is 0 Å².